The van der Waals surface area contributed by atoms with Crippen molar-refractivity contribution in [3.63, 3.8) is 0 Å². The van der Waals surface area contributed by atoms with Crippen molar-refractivity contribution < 1.29 is 0 Å². The van der Waals surface area contributed by atoms with E-state index < -0.39 is 0 Å². The van der Waals surface area contributed by atoms with Crippen molar-refractivity contribution in [3.05, 3.63) is 11.1 Å². The third kappa shape index (κ3) is 2.10. The molecule has 1 nitrogen and oxygen atoms in total. The first-order valence-electron chi connectivity index (χ1n) is 5.03. The number of hydrogen-bond donors (Lipinski definition) is 1. The predicted molar refractivity (Wildman–Crippen MR) is 53.9 cm³/mol. The summed E-state index contributed by atoms with van der Waals surface area (Å²) in [5.41, 5.74) is 8.91. The molecule has 0 unspecified atom stereocenters. The zero-order chi connectivity index (χ0) is 9.14. The molecule has 12 heavy (non-hydrogen) atoms. The summed E-state index contributed by atoms with van der Waals surface area (Å²) < 4.78 is 0. The molecular formula is C11H21N. The molecule has 0 bridgehead atoms. The number of rotatable bonds is 2. The first kappa shape index (κ1) is 9.79. The van der Waals surface area contributed by atoms with Gasteiger partial charge in [0.05, 0.1) is 0 Å². The van der Waals surface area contributed by atoms with E-state index in [1.807, 2.05) is 0 Å². The second-order valence-electron chi connectivity index (χ2n) is 4.29. The van der Waals surface area contributed by atoms with Crippen LogP contribution in [0.3, 0.4) is 0 Å². The van der Waals surface area contributed by atoms with Crippen molar-refractivity contribution in [1.29, 1.82) is 0 Å². The number of nitrogens with two attached hydrogens (primary N) is 1. The van der Waals surface area contributed by atoms with Crippen LogP contribution in [0.5, 0.6) is 0 Å². The van der Waals surface area contributed by atoms with Crippen LogP contribution in [0, 0.1) is 11.8 Å². The molecule has 0 amide bonds. The van der Waals surface area contributed by atoms with Crippen molar-refractivity contribution in [2.45, 2.75) is 40.0 Å². The highest BCUT2D eigenvalue weighted by molar-refractivity contribution is 5.18. The molecule has 0 saturated heterocycles. The molecule has 0 saturated carbocycles. The average Bonchev–Trinajstić information content (AvgIpc) is 2.08. The topological polar surface area (TPSA) is 26.0 Å². The fourth-order valence-electron chi connectivity index (χ4n) is 2.04. The fourth-order valence-corrected chi connectivity index (χ4v) is 2.04. The molecule has 1 aliphatic rings. The molecule has 0 fully saturated rings. The van der Waals surface area contributed by atoms with Gasteiger partial charge < -0.3 is 5.73 Å². The Morgan fingerprint density at radius 1 is 1.58 bits per heavy atom. The summed E-state index contributed by atoms with van der Waals surface area (Å²) in [6.07, 6.45) is 3.94. The quantitative estimate of drug-likeness (QED) is 0.629. The third-order valence-corrected chi connectivity index (χ3v) is 3.08. The van der Waals surface area contributed by atoms with Gasteiger partial charge in [-0.3, -0.25) is 0 Å². The van der Waals surface area contributed by atoms with Gasteiger partial charge in [-0.15, -0.1) is 0 Å². The summed E-state index contributed by atoms with van der Waals surface area (Å²) in [6, 6.07) is 0. The highest BCUT2D eigenvalue weighted by atomic mass is 14.5. The van der Waals surface area contributed by atoms with Crippen LogP contribution in [-0.4, -0.2) is 6.54 Å². The van der Waals surface area contributed by atoms with Crippen molar-refractivity contribution >= 4 is 0 Å². The number of hydrogen-bond acceptors (Lipinski definition) is 1. The summed E-state index contributed by atoms with van der Waals surface area (Å²) in [5, 5.41) is 0. The Bertz CT molecular complexity index is 181. The Hall–Kier alpha value is -0.300. The van der Waals surface area contributed by atoms with Crippen LogP contribution >= 0.6 is 0 Å². The molecule has 0 aliphatic heterocycles. The molecule has 0 radical (unpaired) electrons. The van der Waals surface area contributed by atoms with E-state index in [9.17, 15) is 0 Å². The van der Waals surface area contributed by atoms with Crippen LogP contribution in [-0.2, 0) is 0 Å². The van der Waals surface area contributed by atoms with E-state index in [0.29, 0.717) is 5.92 Å². The zero-order valence-electron chi connectivity index (χ0n) is 8.56. The summed E-state index contributed by atoms with van der Waals surface area (Å²) in [5.74, 6) is 1.48. The normalized spacial score (nSPS) is 27.5. The maximum absolute atomic E-state index is 5.68. The van der Waals surface area contributed by atoms with E-state index >= 15 is 0 Å². The predicted octanol–water partition coefficient (Wildman–Crippen LogP) is 2.72. The Labute approximate surface area is 76.0 Å². The Kier molecular flexibility index (Phi) is 3.33. The van der Waals surface area contributed by atoms with E-state index in [4.69, 9.17) is 5.73 Å². The molecule has 0 aromatic carbocycles. The summed E-state index contributed by atoms with van der Waals surface area (Å²) in [4.78, 5) is 0. The monoisotopic (exact) mass is 167 g/mol. The first-order valence-corrected chi connectivity index (χ1v) is 5.03. The molecular weight excluding hydrogens is 146 g/mol. The van der Waals surface area contributed by atoms with Crippen LogP contribution in [0.15, 0.2) is 11.1 Å². The standard InChI is InChI=1S/C11H21N/c1-8-4-5-9(2)11(6-8)10(3)7-12/h8,10H,4-7,12H2,1-3H3/t8-,10-/m1/s1. The highest BCUT2D eigenvalue weighted by Crippen LogP contribution is 2.32. The fraction of sp³-hybridized carbons (Fsp3) is 0.818. The minimum absolute atomic E-state index is 0.604. The lowest BCUT2D eigenvalue weighted by Crippen LogP contribution is -2.18. The summed E-state index contributed by atoms with van der Waals surface area (Å²) >= 11 is 0. The smallest absolute Gasteiger partial charge is 0.00141 e. The summed E-state index contributed by atoms with van der Waals surface area (Å²) in [6.45, 7) is 7.67. The second-order valence-corrected chi connectivity index (χ2v) is 4.29. The van der Waals surface area contributed by atoms with Gasteiger partial charge in [0.1, 0.15) is 0 Å². The van der Waals surface area contributed by atoms with Gasteiger partial charge in [-0.25, -0.2) is 0 Å². The first-order chi connectivity index (χ1) is 5.65. The van der Waals surface area contributed by atoms with E-state index in [2.05, 4.69) is 20.8 Å². The van der Waals surface area contributed by atoms with Crippen LogP contribution in [0.1, 0.15) is 40.0 Å². The van der Waals surface area contributed by atoms with Gasteiger partial charge in [-0.2, -0.15) is 0 Å². The van der Waals surface area contributed by atoms with Crippen LogP contribution < -0.4 is 5.73 Å². The lowest BCUT2D eigenvalue weighted by Gasteiger charge is -2.26. The maximum Gasteiger partial charge on any atom is -0.00141 e. The lowest BCUT2D eigenvalue weighted by molar-refractivity contribution is 0.459. The summed E-state index contributed by atoms with van der Waals surface area (Å²) in [7, 11) is 0. The van der Waals surface area contributed by atoms with E-state index in [1.54, 1.807) is 11.1 Å². The molecule has 2 N–H and O–H groups in total. The second kappa shape index (κ2) is 4.08. The molecule has 70 valence electrons. The minimum atomic E-state index is 0.604. The van der Waals surface area contributed by atoms with E-state index in [-0.39, 0.29) is 0 Å². The van der Waals surface area contributed by atoms with E-state index in [0.717, 1.165) is 12.5 Å². The van der Waals surface area contributed by atoms with Gasteiger partial charge in [0.25, 0.3) is 0 Å². The Morgan fingerprint density at radius 3 is 2.83 bits per heavy atom. The van der Waals surface area contributed by atoms with Crippen LogP contribution in [0.4, 0.5) is 0 Å². The largest absolute Gasteiger partial charge is 0.330 e. The highest BCUT2D eigenvalue weighted by Gasteiger charge is 2.18. The average molecular weight is 167 g/mol. The zero-order valence-corrected chi connectivity index (χ0v) is 8.56. The lowest BCUT2D eigenvalue weighted by atomic mass is 9.80. The van der Waals surface area contributed by atoms with Crippen molar-refractivity contribution in [1.82, 2.24) is 0 Å². The van der Waals surface area contributed by atoms with Gasteiger partial charge in [-0.1, -0.05) is 25.0 Å². The van der Waals surface area contributed by atoms with Crippen LogP contribution in [0.2, 0.25) is 0 Å². The SMILES string of the molecule is CC1=C([C@H](C)CN)C[C@H](C)CC1. The maximum atomic E-state index is 5.68. The molecule has 2 atom stereocenters. The molecule has 0 aromatic rings. The van der Waals surface area contributed by atoms with Gasteiger partial charge >= 0.3 is 0 Å². The van der Waals surface area contributed by atoms with Crippen LogP contribution in [0.25, 0.3) is 0 Å². The van der Waals surface area contributed by atoms with E-state index in [1.165, 1.54) is 19.3 Å². The number of allylic oxidation sites excluding steroid dienone is 1. The molecule has 1 aliphatic carbocycles. The molecule has 1 rings (SSSR count). The minimum Gasteiger partial charge on any atom is -0.330 e. The van der Waals surface area contributed by atoms with Gasteiger partial charge in [-0.05, 0) is 44.6 Å². The molecule has 0 aromatic heterocycles. The van der Waals surface area contributed by atoms with Gasteiger partial charge in [0, 0.05) is 0 Å². The molecule has 0 heterocycles. The molecule has 1 heteroatoms. The van der Waals surface area contributed by atoms with Gasteiger partial charge in [0.15, 0.2) is 0 Å². The van der Waals surface area contributed by atoms with Crippen molar-refractivity contribution in [3.8, 4) is 0 Å². The third-order valence-electron chi connectivity index (χ3n) is 3.08. The molecule has 0 spiro atoms. The van der Waals surface area contributed by atoms with Crippen molar-refractivity contribution in [2.24, 2.45) is 17.6 Å². The Morgan fingerprint density at radius 2 is 2.25 bits per heavy atom. The van der Waals surface area contributed by atoms with Crippen molar-refractivity contribution in [2.75, 3.05) is 6.54 Å². The Balaban J connectivity index is 2.70. The van der Waals surface area contributed by atoms with Gasteiger partial charge in [0.2, 0.25) is 0 Å².